The third-order valence-corrected chi connectivity index (χ3v) is 7.11. The van der Waals surface area contributed by atoms with Crippen LogP contribution >= 0.6 is 0 Å². The molecule has 0 aliphatic heterocycles. The van der Waals surface area contributed by atoms with E-state index in [1.54, 1.807) is 0 Å². The van der Waals surface area contributed by atoms with Gasteiger partial charge in [0, 0.05) is 18.0 Å². The van der Waals surface area contributed by atoms with Crippen molar-refractivity contribution in [2.75, 3.05) is 6.61 Å². The molecule has 0 bridgehead atoms. The molecule has 0 unspecified atom stereocenters. The van der Waals surface area contributed by atoms with Crippen LogP contribution in [0.3, 0.4) is 0 Å². The molecule has 0 N–H and O–H groups in total. The van der Waals surface area contributed by atoms with Crippen molar-refractivity contribution in [3.8, 4) is 17.1 Å². The Kier molecular flexibility index (Phi) is 12.8. The van der Waals surface area contributed by atoms with Gasteiger partial charge in [0.1, 0.15) is 12.4 Å². The van der Waals surface area contributed by atoms with Crippen molar-refractivity contribution >= 4 is 0 Å². The second kappa shape index (κ2) is 16.5. The number of hydrogen-bond donors (Lipinski definition) is 0. The minimum absolute atomic E-state index is 0.622. The lowest BCUT2D eigenvalue weighted by Crippen LogP contribution is -1.95. The fourth-order valence-electron chi connectivity index (χ4n) is 4.94. The standard InChI is InChI=1S/C31H46N2O/c1-2-3-4-5-10-15-24-34-30-22-20-29(21-23-30)31-32-25-28(26-33-31)19-12-9-7-6-8-11-16-27-17-13-14-18-27/h10,15,20-23,25-27H,2-9,11-14,16-19,24H2,1H3. The van der Waals surface area contributed by atoms with Crippen molar-refractivity contribution in [1.82, 2.24) is 9.97 Å². The lowest BCUT2D eigenvalue weighted by molar-refractivity contribution is 0.362. The smallest absolute Gasteiger partial charge is 0.159 e. The highest BCUT2D eigenvalue weighted by Crippen LogP contribution is 2.29. The van der Waals surface area contributed by atoms with Crippen LogP contribution in [0.2, 0.25) is 0 Å². The highest BCUT2D eigenvalue weighted by molar-refractivity contribution is 5.55. The first-order valence-corrected chi connectivity index (χ1v) is 14.0. The fraction of sp³-hybridized carbons (Fsp3) is 0.613. The zero-order valence-corrected chi connectivity index (χ0v) is 21.5. The van der Waals surface area contributed by atoms with Crippen LogP contribution in [0.25, 0.3) is 11.4 Å². The Morgan fingerprint density at radius 2 is 1.53 bits per heavy atom. The summed E-state index contributed by atoms with van der Waals surface area (Å²) >= 11 is 0. The number of ether oxygens (including phenoxy) is 1. The summed E-state index contributed by atoms with van der Waals surface area (Å²) in [7, 11) is 0. The van der Waals surface area contributed by atoms with Crippen molar-refractivity contribution in [3.63, 3.8) is 0 Å². The van der Waals surface area contributed by atoms with E-state index < -0.39 is 0 Å². The van der Waals surface area contributed by atoms with Crippen LogP contribution in [0.5, 0.6) is 5.75 Å². The Morgan fingerprint density at radius 3 is 2.26 bits per heavy atom. The van der Waals surface area contributed by atoms with Crippen LogP contribution in [0.4, 0.5) is 0 Å². The molecule has 3 heteroatoms. The summed E-state index contributed by atoms with van der Waals surface area (Å²) in [4.78, 5) is 9.21. The molecule has 1 aromatic carbocycles. The van der Waals surface area contributed by atoms with E-state index in [1.807, 2.05) is 36.7 Å². The first-order valence-electron chi connectivity index (χ1n) is 14.0. The topological polar surface area (TPSA) is 35.0 Å². The van der Waals surface area contributed by atoms with Crippen molar-refractivity contribution in [2.24, 2.45) is 5.92 Å². The minimum atomic E-state index is 0.622. The van der Waals surface area contributed by atoms with Gasteiger partial charge in [0.05, 0.1) is 0 Å². The summed E-state index contributed by atoms with van der Waals surface area (Å²) in [5.41, 5.74) is 2.28. The molecule has 1 aromatic heterocycles. The molecule has 0 atom stereocenters. The molecule has 1 aliphatic rings. The van der Waals surface area contributed by atoms with E-state index in [1.165, 1.54) is 95.5 Å². The SMILES string of the molecule is CCCCCC=CCOc1ccc(-c2ncc(CCCCCCCCC3CCCC3)cn2)cc1. The van der Waals surface area contributed by atoms with Gasteiger partial charge < -0.3 is 4.74 Å². The van der Waals surface area contributed by atoms with Gasteiger partial charge in [-0.2, -0.15) is 0 Å². The molecule has 0 amide bonds. The Bertz CT molecular complexity index is 791. The second-order valence-corrected chi connectivity index (χ2v) is 10.0. The highest BCUT2D eigenvalue weighted by atomic mass is 16.5. The Balaban J connectivity index is 1.27. The molecule has 1 saturated carbocycles. The quantitative estimate of drug-likeness (QED) is 0.174. The normalized spacial score (nSPS) is 14.3. The number of aryl methyl sites for hydroxylation is 1. The third kappa shape index (κ3) is 10.4. The van der Waals surface area contributed by atoms with E-state index in [0.29, 0.717) is 6.61 Å². The molecule has 1 aliphatic carbocycles. The average molecular weight is 463 g/mol. The number of benzene rings is 1. The van der Waals surface area contributed by atoms with Crippen LogP contribution < -0.4 is 4.74 Å². The monoisotopic (exact) mass is 462 g/mol. The molecule has 1 fully saturated rings. The summed E-state index contributed by atoms with van der Waals surface area (Å²) in [5.74, 6) is 2.73. The van der Waals surface area contributed by atoms with Crippen LogP contribution in [0, 0.1) is 5.92 Å². The molecule has 186 valence electrons. The summed E-state index contributed by atoms with van der Waals surface area (Å²) in [6, 6.07) is 8.10. The van der Waals surface area contributed by atoms with Crippen LogP contribution in [-0.2, 0) is 6.42 Å². The number of allylic oxidation sites excluding steroid dienone is 1. The van der Waals surface area contributed by atoms with Gasteiger partial charge in [-0.25, -0.2) is 9.97 Å². The Labute approximate surface area is 208 Å². The largest absolute Gasteiger partial charge is 0.490 e. The molecule has 1 heterocycles. The number of aromatic nitrogens is 2. The molecule has 0 radical (unpaired) electrons. The van der Waals surface area contributed by atoms with E-state index in [0.717, 1.165) is 35.9 Å². The Hall–Kier alpha value is -2.16. The van der Waals surface area contributed by atoms with Crippen LogP contribution in [0.1, 0.15) is 109 Å². The van der Waals surface area contributed by atoms with E-state index in [2.05, 4.69) is 29.0 Å². The number of hydrogen-bond acceptors (Lipinski definition) is 3. The second-order valence-electron chi connectivity index (χ2n) is 10.0. The Morgan fingerprint density at radius 1 is 0.824 bits per heavy atom. The minimum Gasteiger partial charge on any atom is -0.490 e. The fourth-order valence-corrected chi connectivity index (χ4v) is 4.94. The van der Waals surface area contributed by atoms with Gasteiger partial charge in [0.2, 0.25) is 0 Å². The molecule has 34 heavy (non-hydrogen) atoms. The first-order chi connectivity index (χ1) is 16.8. The summed E-state index contributed by atoms with van der Waals surface area (Å²) in [6.45, 7) is 2.86. The van der Waals surface area contributed by atoms with Crippen LogP contribution in [0.15, 0.2) is 48.8 Å². The maximum atomic E-state index is 5.80. The van der Waals surface area contributed by atoms with E-state index in [9.17, 15) is 0 Å². The van der Waals surface area contributed by atoms with Crippen molar-refractivity contribution in [3.05, 3.63) is 54.4 Å². The average Bonchev–Trinajstić information content (AvgIpc) is 3.39. The van der Waals surface area contributed by atoms with E-state index in [4.69, 9.17) is 4.74 Å². The van der Waals surface area contributed by atoms with Crippen LogP contribution in [-0.4, -0.2) is 16.6 Å². The third-order valence-electron chi connectivity index (χ3n) is 7.11. The molecule has 0 spiro atoms. The molecular formula is C31H46N2O. The van der Waals surface area contributed by atoms with Crippen molar-refractivity contribution in [2.45, 2.75) is 110 Å². The van der Waals surface area contributed by atoms with E-state index in [-0.39, 0.29) is 0 Å². The van der Waals surface area contributed by atoms with Gasteiger partial charge in [-0.05, 0) is 61.4 Å². The van der Waals surface area contributed by atoms with Gasteiger partial charge in [-0.1, -0.05) is 96.1 Å². The van der Waals surface area contributed by atoms with E-state index >= 15 is 0 Å². The zero-order valence-electron chi connectivity index (χ0n) is 21.5. The molecule has 3 rings (SSSR count). The zero-order chi connectivity index (χ0) is 23.7. The van der Waals surface area contributed by atoms with Gasteiger partial charge in [-0.3, -0.25) is 0 Å². The predicted molar refractivity (Wildman–Crippen MR) is 144 cm³/mol. The highest BCUT2D eigenvalue weighted by Gasteiger charge is 2.13. The molecular weight excluding hydrogens is 416 g/mol. The van der Waals surface area contributed by atoms with Crippen molar-refractivity contribution < 1.29 is 4.74 Å². The number of nitrogens with zero attached hydrogens (tertiary/aromatic N) is 2. The first kappa shape index (κ1) is 26.4. The molecule has 2 aromatic rings. The lowest BCUT2D eigenvalue weighted by Gasteiger charge is -2.08. The van der Waals surface area contributed by atoms with Gasteiger partial charge in [0.25, 0.3) is 0 Å². The predicted octanol–water partition coefficient (Wildman–Crippen LogP) is 9.12. The maximum absolute atomic E-state index is 5.80. The van der Waals surface area contributed by atoms with Gasteiger partial charge in [0.15, 0.2) is 5.82 Å². The number of unbranched alkanes of at least 4 members (excludes halogenated alkanes) is 8. The maximum Gasteiger partial charge on any atom is 0.159 e. The van der Waals surface area contributed by atoms with Gasteiger partial charge >= 0.3 is 0 Å². The van der Waals surface area contributed by atoms with Gasteiger partial charge in [-0.15, -0.1) is 0 Å². The summed E-state index contributed by atoms with van der Waals surface area (Å²) in [5, 5.41) is 0. The molecule has 0 saturated heterocycles. The van der Waals surface area contributed by atoms with Crippen molar-refractivity contribution in [1.29, 1.82) is 0 Å². The summed E-state index contributed by atoms with van der Waals surface area (Å²) < 4.78 is 5.80. The lowest BCUT2D eigenvalue weighted by atomic mass is 9.99. The number of rotatable bonds is 17. The summed E-state index contributed by atoms with van der Waals surface area (Å²) in [6.07, 6.45) is 30.0. The molecule has 3 nitrogen and oxygen atoms in total.